The van der Waals surface area contributed by atoms with Gasteiger partial charge in [-0.1, -0.05) is 0 Å². The molecule has 0 aliphatic heterocycles. The van der Waals surface area contributed by atoms with Gasteiger partial charge in [0.2, 0.25) is 0 Å². The minimum atomic E-state index is -0.471. The van der Waals surface area contributed by atoms with Crippen molar-refractivity contribution in [2.75, 3.05) is 0 Å². The molecule has 0 saturated heterocycles. The molecule has 0 N–H and O–H groups in total. The van der Waals surface area contributed by atoms with Gasteiger partial charge in [0.15, 0.2) is 5.78 Å². The van der Waals surface area contributed by atoms with Crippen LogP contribution in [-0.4, -0.2) is 10.8 Å². The quantitative estimate of drug-likeness (QED) is 0.575. The zero-order valence-electron chi connectivity index (χ0n) is 6.39. The molecule has 0 aromatic carbocycles. The first-order valence-corrected chi connectivity index (χ1v) is 3.24. The van der Waals surface area contributed by atoms with E-state index in [0.29, 0.717) is 11.3 Å². The van der Waals surface area contributed by atoms with Gasteiger partial charge >= 0.3 is 0 Å². The number of aryl methyl sites for hydroxylation is 1. The Morgan fingerprint density at radius 3 is 2.73 bits per heavy atom. The first-order chi connectivity index (χ1) is 5.11. The van der Waals surface area contributed by atoms with Crippen LogP contribution in [0.15, 0.2) is 12.3 Å². The van der Waals surface area contributed by atoms with Crippen LogP contribution in [0, 0.1) is 12.7 Å². The average Bonchev–Trinajstić information content (AvgIpc) is 1.94. The smallest absolute Gasteiger partial charge is 0.161 e. The fourth-order valence-corrected chi connectivity index (χ4v) is 0.864. The maximum Gasteiger partial charge on any atom is 0.161 e. The van der Waals surface area contributed by atoms with Crippen LogP contribution < -0.4 is 0 Å². The highest BCUT2D eigenvalue weighted by Gasteiger charge is 2.05. The van der Waals surface area contributed by atoms with Crippen LogP contribution in [0.4, 0.5) is 4.39 Å². The van der Waals surface area contributed by atoms with E-state index < -0.39 is 5.82 Å². The van der Waals surface area contributed by atoms with Gasteiger partial charge in [0.25, 0.3) is 0 Å². The lowest BCUT2D eigenvalue weighted by molar-refractivity contribution is 0.101. The predicted octanol–water partition coefficient (Wildman–Crippen LogP) is 1.73. The van der Waals surface area contributed by atoms with Gasteiger partial charge in [-0.15, -0.1) is 0 Å². The summed E-state index contributed by atoms with van der Waals surface area (Å²) >= 11 is 0. The Morgan fingerprint density at radius 2 is 2.27 bits per heavy atom. The van der Waals surface area contributed by atoms with Crippen LogP contribution in [0.2, 0.25) is 0 Å². The average molecular weight is 153 g/mol. The molecule has 0 fully saturated rings. The highest BCUT2D eigenvalue weighted by molar-refractivity contribution is 5.94. The van der Waals surface area contributed by atoms with Gasteiger partial charge in [0.05, 0.1) is 6.20 Å². The fraction of sp³-hybridized carbons (Fsp3) is 0.250. The Bertz CT molecular complexity index is 296. The van der Waals surface area contributed by atoms with E-state index in [1.165, 1.54) is 13.0 Å². The third kappa shape index (κ3) is 1.61. The minimum Gasteiger partial charge on any atom is -0.294 e. The van der Waals surface area contributed by atoms with E-state index in [0.717, 1.165) is 6.20 Å². The summed E-state index contributed by atoms with van der Waals surface area (Å²) in [6.45, 7) is 3.07. The molecule has 0 amide bonds. The third-order valence-electron chi connectivity index (χ3n) is 1.43. The summed E-state index contributed by atoms with van der Waals surface area (Å²) in [6.07, 6.45) is 1.10. The molecule has 0 atom stereocenters. The van der Waals surface area contributed by atoms with Crippen LogP contribution in [-0.2, 0) is 0 Å². The van der Waals surface area contributed by atoms with E-state index in [-0.39, 0.29) is 5.78 Å². The van der Waals surface area contributed by atoms with Crippen molar-refractivity contribution in [2.24, 2.45) is 0 Å². The number of carbonyl (C=O) groups is 1. The molecule has 0 spiro atoms. The van der Waals surface area contributed by atoms with Crippen molar-refractivity contribution in [1.29, 1.82) is 0 Å². The molecular weight excluding hydrogens is 145 g/mol. The van der Waals surface area contributed by atoms with E-state index >= 15 is 0 Å². The van der Waals surface area contributed by atoms with Gasteiger partial charge in [0, 0.05) is 11.3 Å². The van der Waals surface area contributed by atoms with Crippen molar-refractivity contribution in [1.82, 2.24) is 4.98 Å². The molecule has 1 heterocycles. The second kappa shape index (κ2) is 2.78. The molecule has 0 radical (unpaired) electrons. The van der Waals surface area contributed by atoms with Crippen LogP contribution in [0.3, 0.4) is 0 Å². The molecule has 2 nitrogen and oxygen atoms in total. The van der Waals surface area contributed by atoms with Crippen LogP contribution in [0.5, 0.6) is 0 Å². The lowest BCUT2D eigenvalue weighted by atomic mass is 10.1. The van der Waals surface area contributed by atoms with Gasteiger partial charge in [-0.2, -0.15) is 0 Å². The Morgan fingerprint density at radius 1 is 1.64 bits per heavy atom. The number of aromatic nitrogens is 1. The van der Waals surface area contributed by atoms with Gasteiger partial charge < -0.3 is 0 Å². The molecule has 1 aromatic heterocycles. The topological polar surface area (TPSA) is 30.0 Å². The number of carbonyl (C=O) groups excluding carboxylic acids is 1. The van der Waals surface area contributed by atoms with E-state index in [1.54, 1.807) is 6.92 Å². The van der Waals surface area contributed by atoms with Crippen LogP contribution in [0.25, 0.3) is 0 Å². The molecule has 0 bridgehead atoms. The molecule has 0 unspecified atom stereocenters. The van der Waals surface area contributed by atoms with E-state index in [2.05, 4.69) is 4.98 Å². The molecule has 0 saturated carbocycles. The number of hydrogen-bond donors (Lipinski definition) is 0. The van der Waals surface area contributed by atoms with Crippen molar-refractivity contribution in [3.63, 3.8) is 0 Å². The number of rotatable bonds is 1. The summed E-state index contributed by atoms with van der Waals surface area (Å²) in [5, 5.41) is 0. The fourth-order valence-electron chi connectivity index (χ4n) is 0.864. The van der Waals surface area contributed by atoms with E-state index in [4.69, 9.17) is 0 Å². The molecule has 3 heteroatoms. The SMILES string of the molecule is CC(=O)c1cc(F)cnc1C. The van der Waals surface area contributed by atoms with E-state index in [9.17, 15) is 9.18 Å². The molecule has 0 aliphatic carbocycles. The summed E-state index contributed by atoms with van der Waals surface area (Å²) < 4.78 is 12.5. The first kappa shape index (κ1) is 7.85. The van der Waals surface area contributed by atoms with Crippen molar-refractivity contribution >= 4 is 5.78 Å². The summed E-state index contributed by atoms with van der Waals surface area (Å²) in [5.41, 5.74) is 0.920. The zero-order chi connectivity index (χ0) is 8.43. The van der Waals surface area contributed by atoms with Crippen molar-refractivity contribution in [3.05, 3.63) is 29.3 Å². The summed E-state index contributed by atoms with van der Waals surface area (Å²) in [6, 6.07) is 1.20. The number of nitrogens with zero attached hydrogens (tertiary/aromatic N) is 1. The number of Topliss-reactive ketones (excluding diaryl/α,β-unsaturated/α-hetero) is 1. The largest absolute Gasteiger partial charge is 0.294 e. The second-order valence-electron chi connectivity index (χ2n) is 2.34. The van der Waals surface area contributed by atoms with Crippen LogP contribution in [0.1, 0.15) is 23.0 Å². The Balaban J connectivity index is 3.23. The van der Waals surface area contributed by atoms with Crippen LogP contribution >= 0.6 is 0 Å². The van der Waals surface area contributed by atoms with Gasteiger partial charge in [0.1, 0.15) is 5.82 Å². The zero-order valence-corrected chi connectivity index (χ0v) is 6.39. The molecular formula is C8H8FNO. The molecule has 11 heavy (non-hydrogen) atoms. The van der Waals surface area contributed by atoms with Gasteiger partial charge in [-0.05, 0) is 19.9 Å². The summed E-state index contributed by atoms with van der Waals surface area (Å²) in [7, 11) is 0. The summed E-state index contributed by atoms with van der Waals surface area (Å²) in [4.78, 5) is 14.5. The Kier molecular flexibility index (Phi) is 1.98. The third-order valence-corrected chi connectivity index (χ3v) is 1.43. The molecule has 1 rings (SSSR count). The van der Waals surface area contributed by atoms with Crippen molar-refractivity contribution < 1.29 is 9.18 Å². The highest BCUT2D eigenvalue weighted by atomic mass is 19.1. The predicted molar refractivity (Wildman–Crippen MR) is 38.9 cm³/mol. The Labute approximate surface area is 64.1 Å². The number of hydrogen-bond acceptors (Lipinski definition) is 2. The highest BCUT2D eigenvalue weighted by Crippen LogP contribution is 2.06. The van der Waals surface area contributed by atoms with E-state index in [1.807, 2.05) is 0 Å². The number of ketones is 1. The number of pyridine rings is 1. The van der Waals surface area contributed by atoms with Crippen molar-refractivity contribution in [3.8, 4) is 0 Å². The first-order valence-electron chi connectivity index (χ1n) is 3.24. The molecule has 58 valence electrons. The lowest BCUT2D eigenvalue weighted by Gasteiger charge is -1.98. The Hall–Kier alpha value is -1.25. The summed E-state index contributed by atoms with van der Waals surface area (Å²) in [5.74, 6) is -0.629. The standard InChI is InChI=1S/C8H8FNO/c1-5-8(6(2)11)3-7(9)4-10-5/h3-4H,1-2H3. The second-order valence-corrected chi connectivity index (χ2v) is 2.34. The molecule has 0 aliphatic rings. The molecule has 1 aromatic rings. The van der Waals surface area contributed by atoms with Gasteiger partial charge in [-0.3, -0.25) is 9.78 Å². The lowest BCUT2D eigenvalue weighted by Crippen LogP contribution is -1.99. The maximum atomic E-state index is 12.5. The normalized spacial score (nSPS) is 9.73. The number of halogens is 1. The van der Waals surface area contributed by atoms with Crippen molar-refractivity contribution in [2.45, 2.75) is 13.8 Å². The minimum absolute atomic E-state index is 0.158. The monoisotopic (exact) mass is 153 g/mol. The maximum absolute atomic E-state index is 12.5. The van der Waals surface area contributed by atoms with Gasteiger partial charge in [-0.25, -0.2) is 4.39 Å².